The summed E-state index contributed by atoms with van der Waals surface area (Å²) in [5.41, 5.74) is 3.33. The number of benzene rings is 2. The summed E-state index contributed by atoms with van der Waals surface area (Å²) in [4.78, 5) is 4.73. The van der Waals surface area contributed by atoms with Crippen molar-refractivity contribution >= 4 is 34.2 Å². The molecule has 0 radical (unpaired) electrons. The number of hydrogen-bond donors (Lipinski definition) is 1. The van der Waals surface area contributed by atoms with Crippen LogP contribution in [0.3, 0.4) is 0 Å². The summed E-state index contributed by atoms with van der Waals surface area (Å²) in [6, 6.07) is 16.6. The molecule has 0 saturated heterocycles. The van der Waals surface area contributed by atoms with Crippen LogP contribution < -0.4 is 5.32 Å². The summed E-state index contributed by atoms with van der Waals surface area (Å²) >= 11 is 7.97. The molecule has 0 aliphatic carbocycles. The van der Waals surface area contributed by atoms with Crippen molar-refractivity contribution in [2.45, 2.75) is 13.0 Å². The molecule has 2 aromatic carbocycles. The van der Waals surface area contributed by atoms with Crippen LogP contribution in [0.2, 0.25) is 5.02 Å². The number of thioether (sulfide) groups is 1. The number of anilines is 1. The SMILES string of the molecule is Cc1ccc(NC2=NC(c3ccccc3)CS2)c(Cl)c1. The van der Waals surface area contributed by atoms with Gasteiger partial charge in [-0.3, -0.25) is 4.99 Å². The summed E-state index contributed by atoms with van der Waals surface area (Å²) in [5.74, 6) is 0.968. The van der Waals surface area contributed by atoms with E-state index in [1.807, 2.05) is 31.2 Å². The van der Waals surface area contributed by atoms with E-state index in [1.165, 1.54) is 5.56 Å². The lowest BCUT2D eigenvalue weighted by molar-refractivity contribution is 0.849. The molecular formula is C16H15ClN2S. The summed E-state index contributed by atoms with van der Waals surface area (Å²) in [6.45, 7) is 2.03. The van der Waals surface area contributed by atoms with Crippen LogP contribution in [0.1, 0.15) is 17.2 Å². The molecule has 102 valence electrons. The molecule has 0 aromatic heterocycles. The highest BCUT2D eigenvalue weighted by Gasteiger charge is 2.20. The van der Waals surface area contributed by atoms with Crippen molar-refractivity contribution in [2.24, 2.45) is 4.99 Å². The van der Waals surface area contributed by atoms with E-state index >= 15 is 0 Å². The number of nitrogens with one attached hydrogen (secondary N) is 1. The minimum Gasteiger partial charge on any atom is -0.334 e. The average Bonchev–Trinajstić information content (AvgIpc) is 2.92. The van der Waals surface area contributed by atoms with Crippen LogP contribution >= 0.6 is 23.4 Å². The fraction of sp³-hybridized carbons (Fsp3) is 0.188. The van der Waals surface area contributed by atoms with Gasteiger partial charge in [-0.1, -0.05) is 59.8 Å². The molecule has 2 nitrogen and oxygen atoms in total. The van der Waals surface area contributed by atoms with Gasteiger partial charge in [-0.25, -0.2) is 0 Å². The highest BCUT2D eigenvalue weighted by molar-refractivity contribution is 8.14. The van der Waals surface area contributed by atoms with Crippen molar-refractivity contribution in [1.29, 1.82) is 0 Å². The molecule has 0 bridgehead atoms. The second-order valence-electron chi connectivity index (χ2n) is 4.78. The Labute approximate surface area is 128 Å². The largest absolute Gasteiger partial charge is 0.334 e. The van der Waals surface area contributed by atoms with Gasteiger partial charge in [-0.05, 0) is 30.2 Å². The number of hydrogen-bond acceptors (Lipinski definition) is 3. The van der Waals surface area contributed by atoms with E-state index in [4.69, 9.17) is 16.6 Å². The molecule has 4 heteroatoms. The van der Waals surface area contributed by atoms with Crippen LogP contribution in [0.15, 0.2) is 53.5 Å². The highest BCUT2D eigenvalue weighted by Crippen LogP contribution is 2.32. The summed E-state index contributed by atoms with van der Waals surface area (Å²) < 4.78 is 0. The van der Waals surface area contributed by atoms with E-state index in [1.54, 1.807) is 11.8 Å². The van der Waals surface area contributed by atoms with Gasteiger partial charge < -0.3 is 5.32 Å². The average molecular weight is 303 g/mol. The van der Waals surface area contributed by atoms with Gasteiger partial charge in [0, 0.05) is 5.75 Å². The van der Waals surface area contributed by atoms with Crippen molar-refractivity contribution in [3.8, 4) is 0 Å². The number of halogens is 1. The Bertz CT molecular complexity index is 640. The molecule has 1 atom stereocenters. The number of nitrogens with zero attached hydrogens (tertiary/aromatic N) is 1. The number of aliphatic imine (C=N–C) groups is 1. The molecule has 1 aliphatic rings. The zero-order valence-corrected chi connectivity index (χ0v) is 12.7. The maximum absolute atomic E-state index is 6.23. The Kier molecular flexibility index (Phi) is 3.99. The van der Waals surface area contributed by atoms with Gasteiger partial charge in [0.15, 0.2) is 5.17 Å². The Morgan fingerprint density at radius 2 is 2.00 bits per heavy atom. The first kappa shape index (κ1) is 13.5. The zero-order chi connectivity index (χ0) is 13.9. The molecule has 3 rings (SSSR count). The number of aryl methyl sites for hydroxylation is 1. The van der Waals surface area contributed by atoms with Gasteiger partial charge in [0.25, 0.3) is 0 Å². The Morgan fingerprint density at radius 3 is 2.75 bits per heavy atom. The van der Waals surface area contributed by atoms with E-state index in [-0.39, 0.29) is 6.04 Å². The minimum atomic E-state index is 0.230. The van der Waals surface area contributed by atoms with Crippen LogP contribution in [-0.2, 0) is 0 Å². The lowest BCUT2D eigenvalue weighted by Crippen LogP contribution is -2.05. The normalized spacial score (nSPS) is 17.9. The molecule has 0 amide bonds. The first-order chi connectivity index (χ1) is 9.72. The smallest absolute Gasteiger partial charge is 0.161 e. The quantitative estimate of drug-likeness (QED) is 0.853. The van der Waals surface area contributed by atoms with Gasteiger partial charge in [0.1, 0.15) is 0 Å². The molecule has 1 heterocycles. The van der Waals surface area contributed by atoms with Crippen molar-refractivity contribution < 1.29 is 0 Å². The third-order valence-corrected chi connectivity index (χ3v) is 4.48. The van der Waals surface area contributed by atoms with E-state index in [0.717, 1.165) is 27.2 Å². The zero-order valence-electron chi connectivity index (χ0n) is 11.1. The summed E-state index contributed by atoms with van der Waals surface area (Å²) in [6.07, 6.45) is 0. The van der Waals surface area contributed by atoms with Gasteiger partial charge >= 0.3 is 0 Å². The molecule has 0 saturated carbocycles. The summed E-state index contributed by atoms with van der Waals surface area (Å²) in [7, 11) is 0. The molecule has 0 spiro atoms. The predicted molar refractivity (Wildman–Crippen MR) is 88.9 cm³/mol. The van der Waals surface area contributed by atoms with Gasteiger partial charge in [0.2, 0.25) is 0 Å². The Hall–Kier alpha value is -1.45. The van der Waals surface area contributed by atoms with Crippen molar-refractivity contribution in [3.05, 3.63) is 64.7 Å². The molecule has 20 heavy (non-hydrogen) atoms. The topological polar surface area (TPSA) is 24.4 Å². The molecule has 1 aliphatic heterocycles. The first-order valence-corrected chi connectivity index (χ1v) is 7.87. The van der Waals surface area contributed by atoms with Gasteiger partial charge in [-0.2, -0.15) is 0 Å². The van der Waals surface area contributed by atoms with Crippen LogP contribution in [0.5, 0.6) is 0 Å². The lowest BCUT2D eigenvalue weighted by atomic mass is 10.1. The number of rotatable bonds is 2. The highest BCUT2D eigenvalue weighted by atomic mass is 35.5. The third-order valence-electron chi connectivity index (χ3n) is 3.20. The molecule has 1 N–H and O–H groups in total. The fourth-order valence-electron chi connectivity index (χ4n) is 2.12. The summed E-state index contributed by atoms with van der Waals surface area (Å²) in [5, 5.41) is 4.98. The molecule has 2 aromatic rings. The fourth-order valence-corrected chi connectivity index (χ4v) is 3.37. The third kappa shape index (κ3) is 3.00. The molecule has 0 fully saturated rings. The van der Waals surface area contributed by atoms with Crippen molar-refractivity contribution in [2.75, 3.05) is 11.1 Å². The lowest BCUT2D eigenvalue weighted by Gasteiger charge is -2.07. The first-order valence-electron chi connectivity index (χ1n) is 6.51. The van der Waals surface area contributed by atoms with Crippen LogP contribution in [0.4, 0.5) is 5.69 Å². The monoisotopic (exact) mass is 302 g/mol. The second-order valence-corrected chi connectivity index (χ2v) is 6.20. The molecular weight excluding hydrogens is 288 g/mol. The minimum absolute atomic E-state index is 0.230. The van der Waals surface area contributed by atoms with Crippen LogP contribution in [-0.4, -0.2) is 10.9 Å². The van der Waals surface area contributed by atoms with E-state index in [2.05, 4.69) is 29.6 Å². The van der Waals surface area contributed by atoms with Crippen LogP contribution in [0, 0.1) is 6.92 Å². The Balaban J connectivity index is 1.76. The second kappa shape index (κ2) is 5.90. The predicted octanol–water partition coefficient (Wildman–Crippen LogP) is 4.90. The van der Waals surface area contributed by atoms with Gasteiger partial charge in [0.05, 0.1) is 16.8 Å². The van der Waals surface area contributed by atoms with Crippen molar-refractivity contribution in [3.63, 3.8) is 0 Å². The number of amidine groups is 1. The maximum Gasteiger partial charge on any atom is 0.161 e. The van der Waals surface area contributed by atoms with E-state index in [0.29, 0.717) is 0 Å². The maximum atomic E-state index is 6.23. The van der Waals surface area contributed by atoms with E-state index < -0.39 is 0 Å². The van der Waals surface area contributed by atoms with Crippen LogP contribution in [0.25, 0.3) is 0 Å². The standard InChI is InChI=1S/C16H15ClN2S/c1-11-7-8-14(13(17)9-11)18-16-19-15(10-20-16)12-5-3-2-4-6-12/h2-9,15H,10H2,1H3,(H,18,19). The van der Waals surface area contributed by atoms with Crippen molar-refractivity contribution in [1.82, 2.24) is 0 Å². The van der Waals surface area contributed by atoms with E-state index in [9.17, 15) is 0 Å². The Morgan fingerprint density at radius 1 is 1.20 bits per heavy atom. The van der Waals surface area contributed by atoms with Gasteiger partial charge in [-0.15, -0.1) is 0 Å². The molecule has 1 unspecified atom stereocenters.